The Hall–Kier alpha value is -1.62. The molecule has 1 fully saturated rings. The molecule has 0 amide bonds. The molecule has 0 radical (unpaired) electrons. The molecule has 4 rings (SSSR count). The van der Waals surface area contributed by atoms with Gasteiger partial charge >= 0.3 is 7.12 Å². The van der Waals surface area contributed by atoms with Crippen LogP contribution >= 0.6 is 23.1 Å². The van der Waals surface area contributed by atoms with Gasteiger partial charge in [-0.3, -0.25) is 4.79 Å². The average molecular weight is 444 g/mol. The van der Waals surface area contributed by atoms with E-state index < -0.39 is 13.2 Å². The molecule has 0 saturated carbocycles. The van der Waals surface area contributed by atoms with Gasteiger partial charge in [-0.15, -0.1) is 23.1 Å². The van der Waals surface area contributed by atoms with E-state index in [2.05, 4.69) is 11.4 Å². The molecule has 2 aliphatic heterocycles. The number of Topliss-reactive ketones (excluding diaryl/α,β-unsaturated/α-hetero) is 1. The lowest BCUT2D eigenvalue weighted by Crippen LogP contribution is -2.50. The molecule has 9 heteroatoms. The van der Waals surface area contributed by atoms with Crippen molar-refractivity contribution in [2.75, 3.05) is 19.3 Å². The third-order valence-electron chi connectivity index (χ3n) is 5.90. The predicted octanol–water partition coefficient (Wildman–Crippen LogP) is 2.22. The van der Waals surface area contributed by atoms with E-state index in [1.165, 1.54) is 29.1 Å². The van der Waals surface area contributed by atoms with E-state index in [1.54, 1.807) is 6.08 Å². The van der Waals surface area contributed by atoms with Crippen molar-refractivity contribution in [1.82, 2.24) is 5.32 Å². The van der Waals surface area contributed by atoms with Gasteiger partial charge in [-0.1, -0.05) is 24.2 Å². The summed E-state index contributed by atoms with van der Waals surface area (Å²) in [5.74, 6) is 2.05. The lowest BCUT2D eigenvalue weighted by Gasteiger charge is -2.37. The van der Waals surface area contributed by atoms with Crippen molar-refractivity contribution < 1.29 is 19.6 Å². The molecule has 0 bridgehead atoms. The maximum absolute atomic E-state index is 13.7. The average Bonchev–Trinajstić information content (AvgIpc) is 3.31. The van der Waals surface area contributed by atoms with E-state index in [-0.39, 0.29) is 11.2 Å². The quantitative estimate of drug-likeness (QED) is 0.308. The maximum Gasteiger partial charge on any atom is 0.480 e. The van der Waals surface area contributed by atoms with Gasteiger partial charge in [0.25, 0.3) is 0 Å². The number of hydrogen-bond donors (Lipinski definition) is 4. The minimum Gasteiger partial charge on any atom is -0.481 e. The topological polar surface area (TPSA) is 105 Å². The molecule has 2 aromatic rings. The van der Waals surface area contributed by atoms with Gasteiger partial charge in [-0.25, -0.2) is 0 Å². The summed E-state index contributed by atoms with van der Waals surface area (Å²) >= 11 is 2.96. The fourth-order valence-corrected chi connectivity index (χ4v) is 6.19. The van der Waals surface area contributed by atoms with Gasteiger partial charge in [0.15, 0.2) is 6.10 Å². The van der Waals surface area contributed by atoms with Gasteiger partial charge in [-0.2, -0.15) is 0 Å². The van der Waals surface area contributed by atoms with Gasteiger partial charge in [0.05, 0.1) is 9.09 Å². The van der Waals surface area contributed by atoms with Gasteiger partial charge in [0.1, 0.15) is 5.75 Å². The zero-order chi connectivity index (χ0) is 21.3. The summed E-state index contributed by atoms with van der Waals surface area (Å²) in [4.78, 5) is 14.3. The number of piperidine rings is 1. The van der Waals surface area contributed by atoms with E-state index >= 15 is 0 Å². The first-order valence-corrected chi connectivity index (χ1v) is 12.0. The Labute approximate surface area is 184 Å². The molecule has 3 heterocycles. The van der Waals surface area contributed by atoms with Crippen molar-refractivity contribution >= 4 is 42.1 Å². The van der Waals surface area contributed by atoms with E-state index in [1.807, 2.05) is 24.5 Å². The van der Waals surface area contributed by atoms with Gasteiger partial charge < -0.3 is 25.8 Å². The Kier molecular flexibility index (Phi) is 6.38. The molecule has 1 atom stereocenters. The van der Waals surface area contributed by atoms with Crippen molar-refractivity contribution in [3.8, 4) is 5.75 Å². The van der Waals surface area contributed by atoms with Crippen LogP contribution in [-0.4, -0.2) is 48.4 Å². The number of carbonyl (C=O) groups excluding carboxylic acids is 1. The van der Waals surface area contributed by atoms with Crippen molar-refractivity contribution in [1.29, 1.82) is 0 Å². The smallest absolute Gasteiger partial charge is 0.480 e. The number of ether oxygens (including phenoxy) is 1. The molecule has 30 heavy (non-hydrogen) atoms. The number of nitrogens with two attached hydrogens (primary N) is 1. The Morgan fingerprint density at radius 1 is 1.40 bits per heavy atom. The second-order valence-electron chi connectivity index (χ2n) is 7.63. The zero-order valence-electron chi connectivity index (χ0n) is 16.8. The van der Waals surface area contributed by atoms with E-state index in [4.69, 9.17) is 20.5 Å². The first-order valence-electron chi connectivity index (χ1n) is 9.96. The van der Waals surface area contributed by atoms with Crippen LogP contribution < -0.4 is 15.8 Å². The van der Waals surface area contributed by atoms with Crippen LogP contribution in [-0.2, 0) is 12.0 Å². The highest BCUT2D eigenvalue weighted by atomic mass is 32.2. The predicted molar refractivity (Wildman–Crippen MR) is 122 cm³/mol. The summed E-state index contributed by atoms with van der Waals surface area (Å²) in [5.41, 5.74) is 8.45. The number of fused-ring (bicyclic) bond motifs is 2. The molecule has 0 aliphatic carbocycles. The molecule has 1 spiro atoms. The van der Waals surface area contributed by atoms with Crippen LogP contribution in [0.1, 0.15) is 39.2 Å². The highest BCUT2D eigenvalue weighted by Crippen LogP contribution is 2.50. The molecule has 6 nitrogen and oxygen atoms in total. The number of rotatable bonds is 6. The molecular weight excluding hydrogens is 419 g/mol. The summed E-state index contributed by atoms with van der Waals surface area (Å²) in [6.45, 7) is 2.12. The van der Waals surface area contributed by atoms with Crippen LogP contribution in [0.25, 0.3) is 6.08 Å². The zero-order valence-corrected chi connectivity index (χ0v) is 18.4. The highest BCUT2D eigenvalue weighted by Gasteiger charge is 2.53. The van der Waals surface area contributed by atoms with E-state index in [0.717, 1.165) is 52.6 Å². The Balaban J connectivity index is 1.72. The third-order valence-corrected chi connectivity index (χ3v) is 8.21. The number of ketones is 1. The van der Waals surface area contributed by atoms with Crippen LogP contribution in [0, 0.1) is 0 Å². The van der Waals surface area contributed by atoms with Crippen molar-refractivity contribution in [2.45, 2.75) is 35.1 Å². The number of thiophene rings is 1. The maximum atomic E-state index is 13.7. The first kappa shape index (κ1) is 21.6. The minimum absolute atomic E-state index is 0.0214. The van der Waals surface area contributed by atoms with Gasteiger partial charge in [-0.05, 0) is 55.4 Å². The van der Waals surface area contributed by atoms with Crippen molar-refractivity contribution in [2.24, 2.45) is 5.73 Å². The SMILES string of the molecule is CSc1sc(C(=O)C2Oc3ccc(CN)cc3C23CCNCC3)cc1C=CB(O)O. The minimum atomic E-state index is -1.53. The fourth-order valence-electron chi connectivity index (χ4n) is 4.39. The third kappa shape index (κ3) is 3.86. The number of nitrogens with one attached hydrogen (secondary N) is 1. The van der Waals surface area contributed by atoms with E-state index in [9.17, 15) is 4.79 Å². The summed E-state index contributed by atoms with van der Waals surface area (Å²) in [6.07, 6.45) is 4.67. The standard InChI is InChI=1S/C21H25BN2O4S2/c1-29-20-14(4-7-22(26)27)11-17(30-20)18(25)19-21(5-8-24-9-6-21)15-10-13(12-23)2-3-16(15)28-19/h2-4,7,10-11,19,24,26-27H,5-6,8-9,12,23H2,1H3. The van der Waals surface area contributed by atoms with Crippen LogP contribution in [0.3, 0.4) is 0 Å². The number of carbonyl (C=O) groups is 1. The second kappa shape index (κ2) is 8.86. The Morgan fingerprint density at radius 2 is 2.17 bits per heavy atom. The molecule has 1 aromatic carbocycles. The van der Waals surface area contributed by atoms with Gasteiger partial charge in [0, 0.05) is 17.5 Å². The summed E-state index contributed by atoms with van der Waals surface area (Å²) in [5, 5.41) is 21.7. The summed E-state index contributed by atoms with van der Waals surface area (Å²) in [7, 11) is -1.53. The first-order chi connectivity index (χ1) is 14.5. The van der Waals surface area contributed by atoms with Crippen molar-refractivity contribution in [3.63, 3.8) is 0 Å². The highest BCUT2D eigenvalue weighted by molar-refractivity contribution is 8.00. The Morgan fingerprint density at radius 3 is 2.83 bits per heavy atom. The van der Waals surface area contributed by atoms with Gasteiger partial charge in [0.2, 0.25) is 5.78 Å². The monoisotopic (exact) mass is 444 g/mol. The molecule has 1 unspecified atom stereocenters. The van der Waals surface area contributed by atoms with E-state index in [0.29, 0.717) is 11.4 Å². The Bertz CT molecular complexity index is 970. The van der Waals surface area contributed by atoms with Crippen LogP contribution in [0.2, 0.25) is 0 Å². The molecule has 1 saturated heterocycles. The lowest BCUT2D eigenvalue weighted by atomic mass is 9.69. The van der Waals surface area contributed by atoms with Crippen LogP contribution in [0.4, 0.5) is 0 Å². The second-order valence-corrected chi connectivity index (χ2v) is 9.76. The number of hydrogen-bond acceptors (Lipinski definition) is 8. The normalized spacial score (nSPS) is 19.8. The molecule has 1 aromatic heterocycles. The fraction of sp³-hybridized carbons (Fsp3) is 0.381. The summed E-state index contributed by atoms with van der Waals surface area (Å²) < 4.78 is 7.23. The largest absolute Gasteiger partial charge is 0.481 e. The van der Waals surface area contributed by atoms with Crippen molar-refractivity contribution in [3.05, 3.63) is 51.8 Å². The van der Waals surface area contributed by atoms with Crippen LogP contribution in [0.15, 0.2) is 34.5 Å². The summed E-state index contributed by atoms with van der Waals surface area (Å²) in [6, 6.07) is 7.82. The molecule has 158 valence electrons. The molecular formula is C21H25BN2O4S2. The number of thioether (sulfide) groups is 1. The van der Waals surface area contributed by atoms with Crippen LogP contribution in [0.5, 0.6) is 5.75 Å². The molecule has 5 N–H and O–H groups in total. The number of benzene rings is 1. The lowest BCUT2D eigenvalue weighted by molar-refractivity contribution is 0.0652. The molecule has 2 aliphatic rings.